The first-order chi connectivity index (χ1) is 9.81. The molecule has 20 heavy (non-hydrogen) atoms. The number of benzene rings is 1. The van der Waals surface area contributed by atoms with Crippen LogP contribution in [0.25, 0.3) is 11.0 Å². The Balaban J connectivity index is 1.80. The second-order valence-corrected chi connectivity index (χ2v) is 5.91. The van der Waals surface area contributed by atoms with Crippen molar-refractivity contribution in [2.75, 3.05) is 19.6 Å². The summed E-state index contributed by atoms with van der Waals surface area (Å²) in [6, 6.07) is 8.34. The first-order valence-electron chi connectivity index (χ1n) is 7.54. The number of piperidine rings is 1. The second kappa shape index (κ2) is 6.15. The van der Waals surface area contributed by atoms with Crippen LogP contribution in [0.5, 0.6) is 0 Å². The van der Waals surface area contributed by atoms with Crippen molar-refractivity contribution >= 4 is 22.6 Å². The third-order valence-corrected chi connectivity index (χ3v) is 4.69. The summed E-state index contributed by atoms with van der Waals surface area (Å²) in [6.07, 6.45) is 2.56. The summed E-state index contributed by atoms with van der Waals surface area (Å²) < 4.78 is 2.33. The average Bonchev–Trinajstić information content (AvgIpc) is 2.86. The van der Waals surface area contributed by atoms with Gasteiger partial charge in [-0.3, -0.25) is 0 Å². The van der Waals surface area contributed by atoms with Crippen LogP contribution in [0.4, 0.5) is 0 Å². The zero-order chi connectivity index (χ0) is 13.9. The van der Waals surface area contributed by atoms with Gasteiger partial charge in [0.2, 0.25) is 0 Å². The minimum Gasteiger partial charge on any atom is -0.327 e. The molecule has 1 aliphatic rings. The van der Waals surface area contributed by atoms with Crippen LogP contribution in [-0.4, -0.2) is 34.1 Å². The zero-order valence-corrected chi connectivity index (χ0v) is 12.8. The van der Waals surface area contributed by atoms with Crippen LogP contribution in [0.1, 0.15) is 25.6 Å². The minimum absolute atomic E-state index is 0.489. The van der Waals surface area contributed by atoms with Crippen molar-refractivity contribution in [2.24, 2.45) is 5.92 Å². The molecule has 1 fully saturated rings. The van der Waals surface area contributed by atoms with Crippen molar-refractivity contribution in [3.63, 3.8) is 0 Å². The number of hydrogen-bond acceptors (Lipinski definition) is 2. The summed E-state index contributed by atoms with van der Waals surface area (Å²) in [7, 11) is 0. The van der Waals surface area contributed by atoms with Crippen molar-refractivity contribution in [3.8, 4) is 0 Å². The predicted molar refractivity (Wildman–Crippen MR) is 84.1 cm³/mol. The lowest BCUT2D eigenvalue weighted by Crippen LogP contribution is -2.34. The predicted octanol–water partition coefficient (Wildman–Crippen LogP) is 3.51. The Hall–Kier alpha value is -1.06. The van der Waals surface area contributed by atoms with Gasteiger partial charge in [-0.05, 0) is 50.5 Å². The van der Waals surface area contributed by atoms with Crippen LogP contribution in [0.3, 0.4) is 0 Å². The van der Waals surface area contributed by atoms with Crippen LogP contribution in [0.15, 0.2) is 24.3 Å². The maximum atomic E-state index is 6.08. The smallest absolute Gasteiger partial charge is 0.124 e. The molecule has 0 saturated carbocycles. The van der Waals surface area contributed by atoms with E-state index in [0.717, 1.165) is 23.8 Å². The number of aromatic nitrogens is 2. The van der Waals surface area contributed by atoms with E-state index in [1.54, 1.807) is 0 Å². The lowest BCUT2D eigenvalue weighted by Gasteiger charge is -2.31. The van der Waals surface area contributed by atoms with E-state index in [-0.39, 0.29) is 0 Å². The second-order valence-electron chi connectivity index (χ2n) is 5.64. The van der Waals surface area contributed by atoms with Crippen molar-refractivity contribution in [3.05, 3.63) is 30.1 Å². The van der Waals surface area contributed by atoms with Crippen LogP contribution in [0, 0.1) is 5.92 Å². The van der Waals surface area contributed by atoms with E-state index in [9.17, 15) is 0 Å². The molecule has 4 heteroatoms. The molecule has 0 amide bonds. The fourth-order valence-corrected chi connectivity index (χ4v) is 3.38. The summed E-state index contributed by atoms with van der Waals surface area (Å²) in [5.74, 6) is 2.24. The Bertz CT molecular complexity index is 570. The zero-order valence-electron chi connectivity index (χ0n) is 12.1. The Morgan fingerprint density at radius 3 is 2.70 bits per heavy atom. The van der Waals surface area contributed by atoms with Gasteiger partial charge in [0.05, 0.1) is 16.9 Å². The summed E-state index contributed by atoms with van der Waals surface area (Å²) in [5, 5.41) is 0. The number of alkyl halides is 1. The first-order valence-corrected chi connectivity index (χ1v) is 8.07. The number of imidazole rings is 1. The summed E-state index contributed by atoms with van der Waals surface area (Å²) in [6.45, 7) is 6.93. The van der Waals surface area contributed by atoms with Crippen LogP contribution in [-0.2, 0) is 12.4 Å². The molecule has 0 bridgehead atoms. The molecule has 108 valence electrons. The Morgan fingerprint density at radius 2 is 2.00 bits per heavy atom. The van der Waals surface area contributed by atoms with E-state index in [4.69, 9.17) is 11.6 Å². The molecule has 0 spiro atoms. The molecule has 3 rings (SSSR count). The maximum absolute atomic E-state index is 6.08. The van der Waals surface area contributed by atoms with E-state index in [0.29, 0.717) is 5.88 Å². The molecule has 0 N–H and O–H groups in total. The van der Waals surface area contributed by atoms with Gasteiger partial charge in [0.15, 0.2) is 0 Å². The van der Waals surface area contributed by atoms with Gasteiger partial charge in [-0.1, -0.05) is 19.1 Å². The quantitative estimate of drug-likeness (QED) is 0.804. The van der Waals surface area contributed by atoms with Crippen molar-refractivity contribution < 1.29 is 0 Å². The highest BCUT2D eigenvalue weighted by Gasteiger charge is 2.20. The Morgan fingerprint density at radius 1 is 1.25 bits per heavy atom. The molecular weight excluding hydrogens is 270 g/mol. The highest BCUT2D eigenvalue weighted by atomic mass is 35.5. The fourth-order valence-electron chi connectivity index (χ4n) is 3.17. The van der Waals surface area contributed by atoms with Crippen LogP contribution in [0.2, 0.25) is 0 Å². The number of para-hydroxylation sites is 2. The van der Waals surface area contributed by atoms with Crippen molar-refractivity contribution in [2.45, 2.75) is 32.2 Å². The molecule has 2 heterocycles. The van der Waals surface area contributed by atoms with E-state index in [1.807, 2.05) is 6.07 Å². The minimum atomic E-state index is 0.489. The number of likely N-dealkylation sites (tertiary alicyclic amines) is 1. The van der Waals surface area contributed by atoms with Crippen LogP contribution < -0.4 is 0 Å². The molecular formula is C16H22ClN3. The molecule has 1 aromatic heterocycles. The van der Waals surface area contributed by atoms with E-state index in [1.165, 1.54) is 38.0 Å². The Kier molecular flexibility index (Phi) is 4.27. The van der Waals surface area contributed by atoms with E-state index in [2.05, 4.69) is 39.6 Å². The highest BCUT2D eigenvalue weighted by molar-refractivity contribution is 6.16. The van der Waals surface area contributed by atoms with Gasteiger partial charge >= 0.3 is 0 Å². The molecule has 0 unspecified atom stereocenters. The third-order valence-electron chi connectivity index (χ3n) is 4.45. The monoisotopic (exact) mass is 291 g/mol. The summed E-state index contributed by atoms with van der Waals surface area (Å²) in [4.78, 5) is 7.18. The molecule has 2 aromatic rings. The molecule has 1 aromatic carbocycles. The number of halogens is 1. The number of fused-ring (bicyclic) bond motifs is 1. The number of rotatable bonds is 4. The van der Waals surface area contributed by atoms with Gasteiger partial charge in [0.25, 0.3) is 0 Å². The molecule has 0 aliphatic carbocycles. The highest BCUT2D eigenvalue weighted by Crippen LogP contribution is 2.24. The molecule has 0 radical (unpaired) electrons. The topological polar surface area (TPSA) is 21.1 Å². The third kappa shape index (κ3) is 2.70. The van der Waals surface area contributed by atoms with Crippen LogP contribution >= 0.6 is 11.6 Å². The molecule has 1 saturated heterocycles. The fraction of sp³-hybridized carbons (Fsp3) is 0.562. The summed E-state index contributed by atoms with van der Waals surface area (Å²) >= 11 is 6.08. The Labute approximate surface area is 125 Å². The van der Waals surface area contributed by atoms with E-state index >= 15 is 0 Å². The average molecular weight is 292 g/mol. The molecule has 1 aliphatic heterocycles. The van der Waals surface area contributed by atoms with Gasteiger partial charge in [0.1, 0.15) is 5.82 Å². The number of hydrogen-bond donors (Lipinski definition) is 0. The normalized spacial score (nSPS) is 17.9. The van der Waals surface area contributed by atoms with Gasteiger partial charge in [-0.15, -0.1) is 11.6 Å². The van der Waals surface area contributed by atoms with Gasteiger partial charge in [-0.25, -0.2) is 4.98 Å². The largest absolute Gasteiger partial charge is 0.327 e. The molecule has 3 nitrogen and oxygen atoms in total. The van der Waals surface area contributed by atoms with Crippen molar-refractivity contribution in [1.82, 2.24) is 14.5 Å². The lowest BCUT2D eigenvalue weighted by atomic mass is 9.96. The summed E-state index contributed by atoms with van der Waals surface area (Å²) in [5.41, 5.74) is 2.29. The standard InChI is InChI=1S/C16H22ClN3/c1-2-19-9-7-13(8-10-19)12-20-15-6-4-3-5-14(15)18-16(20)11-17/h3-6,13H,2,7-12H2,1H3. The maximum Gasteiger partial charge on any atom is 0.124 e. The van der Waals surface area contributed by atoms with Gasteiger partial charge < -0.3 is 9.47 Å². The molecule has 0 atom stereocenters. The van der Waals surface area contributed by atoms with Gasteiger partial charge in [-0.2, -0.15) is 0 Å². The van der Waals surface area contributed by atoms with Crippen molar-refractivity contribution in [1.29, 1.82) is 0 Å². The van der Waals surface area contributed by atoms with Gasteiger partial charge in [0, 0.05) is 6.54 Å². The lowest BCUT2D eigenvalue weighted by molar-refractivity contribution is 0.181. The van der Waals surface area contributed by atoms with E-state index < -0.39 is 0 Å². The number of nitrogens with zero attached hydrogens (tertiary/aromatic N) is 3. The first kappa shape index (κ1) is 13.9. The SMILES string of the molecule is CCN1CCC(Cn2c(CCl)nc3ccccc32)CC1.